The van der Waals surface area contributed by atoms with Crippen molar-refractivity contribution in [2.45, 2.75) is 13.2 Å². The third-order valence-corrected chi connectivity index (χ3v) is 5.14. The molecule has 1 heterocycles. The molecule has 1 N–H and O–H groups in total. The molecule has 0 spiro atoms. The predicted octanol–water partition coefficient (Wildman–Crippen LogP) is 6.21. The highest BCUT2D eigenvalue weighted by atomic mass is 35.5. The van der Waals surface area contributed by atoms with Gasteiger partial charge < -0.3 is 10.1 Å². The second-order valence-electron chi connectivity index (χ2n) is 7.05. The van der Waals surface area contributed by atoms with E-state index in [9.17, 15) is 9.18 Å². The highest BCUT2D eigenvalue weighted by molar-refractivity contribution is 6.33. The van der Waals surface area contributed by atoms with E-state index in [1.165, 1.54) is 12.1 Å². The van der Waals surface area contributed by atoms with Crippen molar-refractivity contribution >= 4 is 34.9 Å². The number of halogens is 3. The Hall–Kier alpha value is -3.35. The molecule has 0 radical (unpaired) electrons. The van der Waals surface area contributed by atoms with Gasteiger partial charge in [-0.1, -0.05) is 47.5 Å². The highest BCUT2D eigenvalue weighted by Crippen LogP contribution is 2.22. The number of rotatable bonds is 7. The first-order chi connectivity index (χ1) is 15.5. The minimum absolute atomic E-state index is 0.251. The summed E-state index contributed by atoms with van der Waals surface area (Å²) in [6.07, 6.45) is 1.61. The molecule has 4 rings (SSSR count). The fourth-order valence-electron chi connectivity index (χ4n) is 3.02. The van der Waals surface area contributed by atoms with E-state index < -0.39 is 0 Å². The second-order valence-corrected chi connectivity index (χ2v) is 7.89. The van der Waals surface area contributed by atoms with Crippen molar-refractivity contribution in [2.75, 3.05) is 5.32 Å². The third-order valence-electron chi connectivity index (χ3n) is 4.62. The fraction of sp³-hybridized carbons (Fsp3) is 0.0833. The van der Waals surface area contributed by atoms with Crippen molar-refractivity contribution in [3.8, 4) is 5.75 Å². The van der Waals surface area contributed by atoms with Crippen LogP contribution in [0.25, 0.3) is 0 Å². The molecule has 0 aliphatic carbocycles. The van der Waals surface area contributed by atoms with Gasteiger partial charge in [0.1, 0.15) is 23.2 Å². The van der Waals surface area contributed by atoms with Gasteiger partial charge in [-0.15, -0.1) is 0 Å². The predicted molar refractivity (Wildman–Crippen MR) is 123 cm³/mol. The minimum Gasteiger partial charge on any atom is -0.489 e. The molecule has 162 valence electrons. The number of hydrogen-bond donors (Lipinski definition) is 1. The Balaban J connectivity index is 1.40. The van der Waals surface area contributed by atoms with Gasteiger partial charge in [-0.2, -0.15) is 5.10 Å². The van der Waals surface area contributed by atoms with Crippen LogP contribution in [0.5, 0.6) is 5.75 Å². The molecule has 0 fully saturated rings. The van der Waals surface area contributed by atoms with Crippen molar-refractivity contribution in [3.05, 3.63) is 112 Å². The standard InChI is InChI=1S/C24H18Cl2FN3O2/c25-19-6-10-21(11-7-19)32-15-17-2-1-3-18(12-17)24(31)28-23-22(26)14-30(29-23)13-16-4-8-20(27)9-5-16/h1-12,14H,13,15H2,(H,28,29,31). The SMILES string of the molecule is O=C(Nc1nn(Cc2ccc(F)cc2)cc1Cl)c1cccc(COc2ccc(Cl)cc2)c1. The van der Waals surface area contributed by atoms with Crippen molar-refractivity contribution in [2.24, 2.45) is 0 Å². The summed E-state index contributed by atoms with van der Waals surface area (Å²) in [6.45, 7) is 0.698. The van der Waals surface area contributed by atoms with Crippen molar-refractivity contribution in [1.29, 1.82) is 0 Å². The van der Waals surface area contributed by atoms with Crippen LogP contribution in [0, 0.1) is 5.82 Å². The van der Waals surface area contributed by atoms with E-state index in [1.807, 2.05) is 6.07 Å². The number of nitrogens with one attached hydrogen (secondary N) is 1. The summed E-state index contributed by atoms with van der Waals surface area (Å²) in [4.78, 5) is 12.7. The molecule has 5 nitrogen and oxygen atoms in total. The average Bonchev–Trinajstić information content (AvgIpc) is 3.13. The summed E-state index contributed by atoms with van der Waals surface area (Å²) < 4.78 is 20.4. The van der Waals surface area contributed by atoms with Gasteiger partial charge in [0, 0.05) is 16.8 Å². The average molecular weight is 470 g/mol. The van der Waals surface area contributed by atoms with Gasteiger partial charge >= 0.3 is 0 Å². The van der Waals surface area contributed by atoms with E-state index >= 15 is 0 Å². The number of hydrogen-bond acceptors (Lipinski definition) is 3. The van der Waals surface area contributed by atoms with Crippen LogP contribution in [-0.2, 0) is 13.2 Å². The van der Waals surface area contributed by atoms with Gasteiger partial charge in [-0.3, -0.25) is 9.48 Å². The summed E-state index contributed by atoms with van der Waals surface area (Å²) in [5.41, 5.74) is 2.14. The fourth-order valence-corrected chi connectivity index (χ4v) is 3.34. The zero-order chi connectivity index (χ0) is 22.5. The molecule has 0 unspecified atom stereocenters. The number of amides is 1. The molecule has 1 amide bonds. The Bertz CT molecular complexity index is 1220. The zero-order valence-corrected chi connectivity index (χ0v) is 18.3. The molecule has 4 aromatic rings. The van der Waals surface area contributed by atoms with Crippen LogP contribution in [0.15, 0.2) is 79.0 Å². The van der Waals surface area contributed by atoms with E-state index in [4.69, 9.17) is 27.9 Å². The normalized spacial score (nSPS) is 10.7. The number of ether oxygens (including phenoxy) is 1. The van der Waals surface area contributed by atoms with Crippen LogP contribution in [0.4, 0.5) is 10.2 Å². The molecule has 1 aromatic heterocycles. The number of benzene rings is 3. The van der Waals surface area contributed by atoms with Crippen molar-refractivity contribution in [3.63, 3.8) is 0 Å². The van der Waals surface area contributed by atoms with E-state index in [2.05, 4.69) is 10.4 Å². The summed E-state index contributed by atoms with van der Waals surface area (Å²) >= 11 is 12.1. The maximum atomic E-state index is 13.1. The lowest BCUT2D eigenvalue weighted by Gasteiger charge is -2.08. The molecule has 0 saturated heterocycles. The van der Waals surface area contributed by atoms with Crippen molar-refractivity contribution < 1.29 is 13.9 Å². The van der Waals surface area contributed by atoms with Gasteiger partial charge in [-0.05, 0) is 59.7 Å². The summed E-state index contributed by atoms with van der Waals surface area (Å²) in [5, 5.41) is 7.99. The van der Waals surface area contributed by atoms with Crippen molar-refractivity contribution in [1.82, 2.24) is 9.78 Å². The van der Waals surface area contributed by atoms with Gasteiger partial charge in [0.2, 0.25) is 0 Å². The van der Waals surface area contributed by atoms with E-state index in [-0.39, 0.29) is 17.5 Å². The molecule has 0 aliphatic heterocycles. The summed E-state index contributed by atoms with van der Waals surface area (Å²) in [5.74, 6) is 0.289. The molecule has 0 bridgehead atoms. The van der Waals surface area contributed by atoms with Gasteiger partial charge in [0.05, 0.1) is 6.54 Å². The molecular formula is C24H18Cl2FN3O2. The van der Waals surface area contributed by atoms with Crippen LogP contribution < -0.4 is 10.1 Å². The topological polar surface area (TPSA) is 56.2 Å². The molecular weight excluding hydrogens is 452 g/mol. The van der Waals surface area contributed by atoms with Crippen LogP contribution in [0.1, 0.15) is 21.5 Å². The van der Waals surface area contributed by atoms with Gasteiger partial charge in [0.25, 0.3) is 5.91 Å². The smallest absolute Gasteiger partial charge is 0.256 e. The highest BCUT2D eigenvalue weighted by Gasteiger charge is 2.13. The molecule has 0 saturated carbocycles. The Labute approximate surface area is 194 Å². The first kappa shape index (κ1) is 21.9. The number of anilines is 1. The quantitative estimate of drug-likeness (QED) is 0.350. The maximum absolute atomic E-state index is 13.1. The van der Waals surface area contributed by atoms with E-state index in [0.717, 1.165) is 11.1 Å². The van der Waals surface area contributed by atoms with Crippen LogP contribution >= 0.6 is 23.2 Å². The van der Waals surface area contributed by atoms with E-state index in [1.54, 1.807) is 65.5 Å². The van der Waals surface area contributed by atoms with Crippen LogP contribution in [-0.4, -0.2) is 15.7 Å². The lowest BCUT2D eigenvalue weighted by molar-refractivity contribution is 0.102. The number of carbonyl (C=O) groups excluding carboxylic acids is 1. The molecule has 8 heteroatoms. The third kappa shape index (κ3) is 5.66. The van der Waals surface area contributed by atoms with Crippen LogP contribution in [0.2, 0.25) is 10.0 Å². The second kappa shape index (κ2) is 9.85. The summed E-state index contributed by atoms with van der Waals surface area (Å²) in [7, 11) is 0. The first-order valence-electron chi connectivity index (χ1n) is 9.72. The largest absolute Gasteiger partial charge is 0.489 e. The Kier molecular flexibility index (Phi) is 6.73. The Morgan fingerprint density at radius 3 is 2.50 bits per heavy atom. The number of aromatic nitrogens is 2. The Morgan fingerprint density at radius 1 is 1.00 bits per heavy atom. The summed E-state index contributed by atoms with van der Waals surface area (Å²) in [6, 6.07) is 20.3. The van der Waals surface area contributed by atoms with E-state index in [0.29, 0.717) is 34.5 Å². The molecule has 0 aliphatic rings. The monoisotopic (exact) mass is 469 g/mol. The lowest BCUT2D eigenvalue weighted by Crippen LogP contribution is -2.13. The zero-order valence-electron chi connectivity index (χ0n) is 16.8. The molecule has 3 aromatic carbocycles. The van der Waals surface area contributed by atoms with Gasteiger partial charge in [-0.25, -0.2) is 4.39 Å². The maximum Gasteiger partial charge on any atom is 0.256 e. The number of carbonyl (C=O) groups is 1. The lowest BCUT2D eigenvalue weighted by atomic mass is 10.1. The first-order valence-corrected chi connectivity index (χ1v) is 10.5. The Morgan fingerprint density at radius 2 is 1.75 bits per heavy atom. The number of nitrogens with zero attached hydrogens (tertiary/aromatic N) is 2. The molecule has 32 heavy (non-hydrogen) atoms. The molecule has 0 atom stereocenters. The van der Waals surface area contributed by atoms with Crippen LogP contribution in [0.3, 0.4) is 0 Å². The minimum atomic E-state index is -0.340. The van der Waals surface area contributed by atoms with Gasteiger partial charge in [0.15, 0.2) is 5.82 Å².